The van der Waals surface area contributed by atoms with Crippen molar-refractivity contribution >= 4 is 17.7 Å². The first-order valence-corrected chi connectivity index (χ1v) is 11.8. The van der Waals surface area contributed by atoms with Crippen LogP contribution in [-0.2, 0) is 25.5 Å². The van der Waals surface area contributed by atoms with Crippen molar-refractivity contribution in [3.63, 3.8) is 0 Å². The van der Waals surface area contributed by atoms with E-state index < -0.39 is 23.5 Å². The summed E-state index contributed by atoms with van der Waals surface area (Å²) < 4.78 is 5.66. The summed E-state index contributed by atoms with van der Waals surface area (Å²) in [6, 6.07) is 6.07. The maximum atomic E-state index is 13.6. The predicted octanol–water partition coefficient (Wildman–Crippen LogP) is 1.54. The van der Waals surface area contributed by atoms with Gasteiger partial charge in [0, 0.05) is 20.1 Å². The smallest absolute Gasteiger partial charge is 0.246 e. The maximum Gasteiger partial charge on any atom is 0.246 e. The zero-order valence-corrected chi connectivity index (χ0v) is 20.6. The number of hydrogen-bond donors (Lipinski definition) is 3. The number of likely N-dealkylation sites (N-methyl/N-ethyl adjacent to an activating group) is 1. The van der Waals surface area contributed by atoms with E-state index in [-0.39, 0.29) is 29.9 Å². The lowest BCUT2D eigenvalue weighted by molar-refractivity contribution is -0.144. The van der Waals surface area contributed by atoms with Gasteiger partial charge in [-0.2, -0.15) is 0 Å². The number of amides is 3. The molecule has 0 saturated carbocycles. The molecule has 1 aromatic rings. The van der Waals surface area contributed by atoms with Crippen molar-refractivity contribution in [2.24, 2.45) is 5.41 Å². The number of likely N-dealkylation sites (tertiary alicyclic amines) is 1. The Labute approximate surface area is 196 Å². The van der Waals surface area contributed by atoms with Crippen molar-refractivity contribution in [1.29, 1.82) is 0 Å². The van der Waals surface area contributed by atoms with Gasteiger partial charge in [0.05, 0.1) is 18.2 Å². The molecule has 0 bridgehead atoms. The van der Waals surface area contributed by atoms with Gasteiger partial charge in [-0.25, -0.2) is 0 Å². The van der Waals surface area contributed by atoms with Gasteiger partial charge in [-0.05, 0) is 43.4 Å². The number of nitrogens with one attached hydrogen (secondary N) is 3. The summed E-state index contributed by atoms with van der Waals surface area (Å²) in [6.07, 6.45) is 1.95. The molecule has 1 aliphatic heterocycles. The Balaban J connectivity index is 1.76. The number of carbonyl (C=O) groups excluding carboxylic acids is 3. The molecule has 0 spiro atoms. The van der Waals surface area contributed by atoms with Crippen molar-refractivity contribution in [3.05, 3.63) is 35.4 Å². The zero-order chi connectivity index (χ0) is 24.3. The molecule has 3 amide bonds. The summed E-state index contributed by atoms with van der Waals surface area (Å²) in [5.41, 5.74) is 1.73. The Hall–Kier alpha value is -2.45. The van der Waals surface area contributed by atoms with Crippen LogP contribution in [0.25, 0.3) is 0 Å². The highest BCUT2D eigenvalue weighted by Crippen LogP contribution is 2.34. The van der Waals surface area contributed by atoms with E-state index in [1.54, 1.807) is 26.0 Å². The number of ether oxygens (including phenoxy) is 1. The lowest BCUT2D eigenvalue weighted by atomic mass is 9.85. The molecular formula is C25H38N4O4. The topological polar surface area (TPSA) is 99.8 Å². The van der Waals surface area contributed by atoms with Crippen LogP contribution in [0.3, 0.4) is 0 Å². The molecule has 1 aliphatic carbocycles. The average Bonchev–Trinajstić information content (AvgIpc) is 3.40. The van der Waals surface area contributed by atoms with Crippen LogP contribution >= 0.6 is 0 Å². The van der Waals surface area contributed by atoms with Gasteiger partial charge in [-0.15, -0.1) is 0 Å². The Morgan fingerprint density at radius 1 is 1.18 bits per heavy atom. The molecule has 1 saturated heterocycles. The molecule has 0 unspecified atom stereocenters. The summed E-state index contributed by atoms with van der Waals surface area (Å²) >= 11 is 0. The minimum atomic E-state index is -0.729. The summed E-state index contributed by atoms with van der Waals surface area (Å²) in [4.78, 5) is 41.2. The maximum absolute atomic E-state index is 13.6. The molecule has 33 heavy (non-hydrogen) atoms. The van der Waals surface area contributed by atoms with Crippen LogP contribution < -0.4 is 16.0 Å². The second kappa shape index (κ2) is 10.2. The summed E-state index contributed by atoms with van der Waals surface area (Å²) in [5, 5.41) is 8.96. The van der Waals surface area contributed by atoms with E-state index in [9.17, 15) is 14.4 Å². The normalized spacial score (nSPS) is 24.2. The molecule has 2 aliphatic rings. The molecule has 8 heteroatoms. The number of nitrogens with zero attached hydrogens (tertiary/aromatic N) is 1. The van der Waals surface area contributed by atoms with Gasteiger partial charge in [0.25, 0.3) is 0 Å². The van der Waals surface area contributed by atoms with E-state index in [0.717, 1.165) is 18.4 Å². The van der Waals surface area contributed by atoms with Crippen LogP contribution in [0, 0.1) is 5.41 Å². The van der Waals surface area contributed by atoms with E-state index in [1.165, 1.54) is 5.56 Å². The SMILES string of the molecule is CN[C@@H](C)C(=O)N[C@H](C(=O)N1CCC[C@H]1C(=O)N[C@H]1c2ccccc2C[C@H]1OC)C(C)(C)C. The van der Waals surface area contributed by atoms with Crippen molar-refractivity contribution in [2.75, 3.05) is 20.7 Å². The standard InChI is InChI=1S/C25H38N4O4/c1-15(26-5)22(30)28-21(25(2,3)4)24(32)29-13-9-12-18(29)23(31)27-20-17-11-8-7-10-16(17)14-19(20)33-6/h7-8,10-11,15,18-21,26H,9,12-14H2,1-6H3,(H,27,31)(H,28,30)/t15-,18-,19+,20-,21+/m0/s1. The van der Waals surface area contributed by atoms with Crippen LogP contribution in [0.4, 0.5) is 0 Å². The van der Waals surface area contributed by atoms with Gasteiger partial charge in [0.1, 0.15) is 12.1 Å². The van der Waals surface area contributed by atoms with Gasteiger partial charge >= 0.3 is 0 Å². The molecular weight excluding hydrogens is 420 g/mol. The van der Waals surface area contributed by atoms with E-state index >= 15 is 0 Å². The van der Waals surface area contributed by atoms with Crippen LogP contribution in [0.2, 0.25) is 0 Å². The molecule has 5 atom stereocenters. The van der Waals surface area contributed by atoms with Gasteiger partial charge in [0.15, 0.2) is 0 Å². The van der Waals surface area contributed by atoms with E-state index in [2.05, 4.69) is 22.0 Å². The molecule has 1 fully saturated rings. The van der Waals surface area contributed by atoms with Crippen LogP contribution in [0.5, 0.6) is 0 Å². The number of carbonyl (C=O) groups is 3. The monoisotopic (exact) mass is 458 g/mol. The summed E-state index contributed by atoms with van der Waals surface area (Å²) in [7, 11) is 3.36. The molecule has 0 aromatic heterocycles. The van der Waals surface area contributed by atoms with Gasteiger partial charge in [-0.1, -0.05) is 45.0 Å². The van der Waals surface area contributed by atoms with Crippen molar-refractivity contribution in [2.45, 2.75) is 77.2 Å². The van der Waals surface area contributed by atoms with Gasteiger partial charge in [0.2, 0.25) is 17.7 Å². The third kappa shape index (κ3) is 5.38. The number of benzene rings is 1. The van der Waals surface area contributed by atoms with Crippen molar-refractivity contribution < 1.29 is 19.1 Å². The Bertz CT molecular complexity index is 881. The fraction of sp³-hybridized carbons (Fsp3) is 0.640. The largest absolute Gasteiger partial charge is 0.379 e. The quantitative estimate of drug-likeness (QED) is 0.576. The van der Waals surface area contributed by atoms with E-state index in [4.69, 9.17) is 4.74 Å². The van der Waals surface area contributed by atoms with Gasteiger partial charge in [-0.3, -0.25) is 14.4 Å². The van der Waals surface area contributed by atoms with E-state index in [0.29, 0.717) is 13.0 Å². The fourth-order valence-corrected chi connectivity index (χ4v) is 4.71. The average molecular weight is 459 g/mol. The second-order valence-electron chi connectivity index (χ2n) is 10.2. The van der Waals surface area contributed by atoms with Crippen LogP contribution in [0.15, 0.2) is 24.3 Å². The lowest BCUT2D eigenvalue weighted by Crippen LogP contribution is -2.59. The highest BCUT2D eigenvalue weighted by atomic mass is 16.5. The summed E-state index contributed by atoms with van der Waals surface area (Å²) in [5.74, 6) is -0.629. The fourth-order valence-electron chi connectivity index (χ4n) is 4.71. The third-order valence-electron chi connectivity index (χ3n) is 6.85. The number of hydrogen-bond acceptors (Lipinski definition) is 5. The number of fused-ring (bicyclic) bond motifs is 1. The molecule has 3 N–H and O–H groups in total. The Morgan fingerprint density at radius 2 is 1.88 bits per heavy atom. The molecule has 1 aromatic carbocycles. The predicted molar refractivity (Wildman–Crippen MR) is 126 cm³/mol. The minimum Gasteiger partial charge on any atom is -0.379 e. The Kier molecular flexibility index (Phi) is 7.80. The lowest BCUT2D eigenvalue weighted by Gasteiger charge is -2.36. The molecule has 8 nitrogen and oxygen atoms in total. The first kappa shape index (κ1) is 25.2. The number of methoxy groups -OCH3 is 1. The highest BCUT2D eigenvalue weighted by molar-refractivity contribution is 5.94. The third-order valence-corrected chi connectivity index (χ3v) is 6.85. The molecule has 0 radical (unpaired) electrons. The van der Waals surface area contributed by atoms with E-state index in [1.807, 2.05) is 39.0 Å². The first-order valence-electron chi connectivity index (χ1n) is 11.8. The van der Waals surface area contributed by atoms with Crippen molar-refractivity contribution in [3.8, 4) is 0 Å². The van der Waals surface area contributed by atoms with Crippen LogP contribution in [-0.4, -0.2) is 67.6 Å². The molecule has 3 rings (SSSR count). The Morgan fingerprint density at radius 3 is 2.52 bits per heavy atom. The highest BCUT2D eigenvalue weighted by Gasteiger charge is 2.43. The minimum absolute atomic E-state index is 0.137. The first-order chi connectivity index (χ1) is 15.6. The van der Waals surface area contributed by atoms with Crippen LogP contribution in [0.1, 0.15) is 57.7 Å². The molecule has 1 heterocycles. The zero-order valence-electron chi connectivity index (χ0n) is 20.6. The van der Waals surface area contributed by atoms with Crippen molar-refractivity contribution in [1.82, 2.24) is 20.9 Å². The molecule has 182 valence electrons. The number of rotatable bonds is 7. The summed E-state index contributed by atoms with van der Waals surface area (Å²) in [6.45, 7) is 8.00. The second-order valence-corrected chi connectivity index (χ2v) is 10.2. The van der Waals surface area contributed by atoms with Gasteiger partial charge < -0.3 is 25.6 Å².